The van der Waals surface area contributed by atoms with Gasteiger partial charge in [-0.3, -0.25) is 0 Å². The Balaban J connectivity index is 2.43. The third-order valence-electron chi connectivity index (χ3n) is 2.13. The molecule has 0 saturated carbocycles. The van der Waals surface area contributed by atoms with Crippen LogP contribution >= 0.6 is 0 Å². The molecule has 1 aromatic carbocycles. The molecule has 0 aromatic heterocycles. The van der Waals surface area contributed by atoms with Crippen LogP contribution in [-0.2, 0) is 12.8 Å². The highest BCUT2D eigenvalue weighted by atomic mass is 19.3. The number of alkyl halides is 2. The fourth-order valence-electron chi connectivity index (χ4n) is 1.60. The van der Waals surface area contributed by atoms with Gasteiger partial charge in [0.05, 0.1) is 0 Å². The first-order valence-corrected chi connectivity index (χ1v) is 3.82. The average molecular weight is 169 g/mol. The zero-order valence-electron chi connectivity index (χ0n) is 6.48. The summed E-state index contributed by atoms with van der Waals surface area (Å²) in [5, 5.41) is 0. The first kappa shape index (κ1) is 7.53. The van der Waals surface area contributed by atoms with E-state index in [4.69, 9.17) is 5.73 Å². The van der Waals surface area contributed by atoms with Crippen molar-refractivity contribution in [3.63, 3.8) is 0 Å². The second-order valence-corrected chi connectivity index (χ2v) is 3.24. The molecule has 1 nitrogen and oxygen atoms in total. The molecular formula is C9H9F2N. The summed E-state index contributed by atoms with van der Waals surface area (Å²) >= 11 is 0. The second-order valence-electron chi connectivity index (χ2n) is 3.24. The molecule has 2 rings (SSSR count). The lowest BCUT2D eigenvalue weighted by molar-refractivity contribution is 0.0130. The van der Waals surface area contributed by atoms with Crippen molar-refractivity contribution in [1.82, 2.24) is 0 Å². The maximum atomic E-state index is 12.8. The lowest BCUT2D eigenvalue weighted by Crippen LogP contribution is -2.14. The van der Waals surface area contributed by atoms with E-state index in [1.807, 2.05) is 0 Å². The van der Waals surface area contributed by atoms with Crippen LogP contribution in [0.5, 0.6) is 0 Å². The van der Waals surface area contributed by atoms with Crippen molar-refractivity contribution in [3.05, 3.63) is 29.3 Å². The number of rotatable bonds is 0. The smallest absolute Gasteiger partial charge is 0.256 e. The van der Waals surface area contributed by atoms with Gasteiger partial charge in [-0.25, -0.2) is 8.78 Å². The number of halogens is 2. The maximum absolute atomic E-state index is 12.8. The Morgan fingerprint density at radius 3 is 2.58 bits per heavy atom. The van der Waals surface area contributed by atoms with Crippen LogP contribution in [-0.4, -0.2) is 5.92 Å². The highest BCUT2D eigenvalue weighted by Crippen LogP contribution is 2.34. The predicted octanol–water partition coefficient (Wildman–Crippen LogP) is 2.00. The van der Waals surface area contributed by atoms with Crippen molar-refractivity contribution >= 4 is 5.69 Å². The summed E-state index contributed by atoms with van der Waals surface area (Å²) in [6, 6.07) is 4.99. The average Bonchev–Trinajstić information content (AvgIpc) is 2.21. The molecule has 0 amide bonds. The molecule has 0 heterocycles. The molecule has 0 unspecified atom stereocenters. The van der Waals surface area contributed by atoms with E-state index < -0.39 is 5.92 Å². The predicted molar refractivity (Wildman–Crippen MR) is 43.2 cm³/mol. The fourth-order valence-corrected chi connectivity index (χ4v) is 1.60. The Morgan fingerprint density at radius 1 is 1.17 bits per heavy atom. The van der Waals surface area contributed by atoms with Crippen molar-refractivity contribution in [1.29, 1.82) is 0 Å². The number of nitrogen functional groups attached to an aromatic ring is 1. The first-order chi connectivity index (χ1) is 5.57. The second kappa shape index (κ2) is 2.19. The van der Waals surface area contributed by atoms with Crippen LogP contribution in [0.15, 0.2) is 18.2 Å². The van der Waals surface area contributed by atoms with Crippen LogP contribution in [0.4, 0.5) is 14.5 Å². The van der Waals surface area contributed by atoms with Crippen LogP contribution in [0, 0.1) is 0 Å². The van der Waals surface area contributed by atoms with Crippen LogP contribution in [0.3, 0.4) is 0 Å². The zero-order chi connectivity index (χ0) is 8.77. The number of nitrogens with two attached hydrogens (primary N) is 1. The SMILES string of the molecule is Nc1ccc2c(c1)CC(F)(F)C2. The molecule has 1 aliphatic rings. The molecule has 64 valence electrons. The molecule has 0 bridgehead atoms. The molecule has 2 N–H and O–H groups in total. The molecule has 0 fully saturated rings. The summed E-state index contributed by atoms with van der Waals surface area (Å²) in [4.78, 5) is 0. The van der Waals surface area contributed by atoms with E-state index in [2.05, 4.69) is 0 Å². The summed E-state index contributed by atoms with van der Waals surface area (Å²) in [7, 11) is 0. The van der Waals surface area contributed by atoms with E-state index in [-0.39, 0.29) is 12.8 Å². The zero-order valence-corrected chi connectivity index (χ0v) is 6.48. The summed E-state index contributed by atoms with van der Waals surface area (Å²) < 4.78 is 25.7. The van der Waals surface area contributed by atoms with Gasteiger partial charge in [0.1, 0.15) is 0 Å². The van der Waals surface area contributed by atoms with Crippen LogP contribution < -0.4 is 5.73 Å². The molecule has 0 saturated heterocycles. The van der Waals surface area contributed by atoms with Crippen molar-refractivity contribution < 1.29 is 8.78 Å². The normalized spacial score (nSPS) is 19.2. The number of benzene rings is 1. The molecule has 12 heavy (non-hydrogen) atoms. The van der Waals surface area contributed by atoms with Gasteiger partial charge in [0.25, 0.3) is 5.92 Å². The number of anilines is 1. The summed E-state index contributed by atoms with van der Waals surface area (Å²) in [6.45, 7) is 0. The molecule has 0 radical (unpaired) electrons. The van der Waals surface area contributed by atoms with E-state index in [0.29, 0.717) is 11.3 Å². The highest BCUT2D eigenvalue weighted by Gasteiger charge is 2.36. The Hall–Kier alpha value is -1.12. The van der Waals surface area contributed by atoms with Gasteiger partial charge in [-0.15, -0.1) is 0 Å². The topological polar surface area (TPSA) is 26.0 Å². The van der Waals surface area contributed by atoms with Crippen molar-refractivity contribution in [2.75, 3.05) is 5.73 Å². The Bertz CT molecular complexity index is 320. The van der Waals surface area contributed by atoms with Crippen molar-refractivity contribution in [3.8, 4) is 0 Å². The van der Waals surface area contributed by atoms with E-state index in [1.54, 1.807) is 18.2 Å². The minimum absolute atomic E-state index is 0.136. The Morgan fingerprint density at radius 2 is 1.83 bits per heavy atom. The monoisotopic (exact) mass is 169 g/mol. The van der Waals surface area contributed by atoms with E-state index in [1.165, 1.54) is 0 Å². The molecule has 1 aromatic rings. The largest absolute Gasteiger partial charge is 0.399 e. The molecule has 0 aliphatic heterocycles. The quantitative estimate of drug-likeness (QED) is 0.590. The van der Waals surface area contributed by atoms with E-state index in [9.17, 15) is 8.78 Å². The lowest BCUT2D eigenvalue weighted by atomic mass is 10.1. The van der Waals surface area contributed by atoms with Gasteiger partial charge in [0, 0.05) is 18.5 Å². The Kier molecular flexibility index (Phi) is 1.37. The van der Waals surface area contributed by atoms with Crippen LogP contribution in [0.2, 0.25) is 0 Å². The number of hydrogen-bond donors (Lipinski definition) is 1. The molecule has 0 atom stereocenters. The highest BCUT2D eigenvalue weighted by molar-refractivity contribution is 5.47. The van der Waals surface area contributed by atoms with Crippen LogP contribution in [0.1, 0.15) is 11.1 Å². The third-order valence-corrected chi connectivity index (χ3v) is 2.13. The van der Waals surface area contributed by atoms with Gasteiger partial charge < -0.3 is 5.73 Å². The minimum atomic E-state index is -2.56. The summed E-state index contributed by atoms with van der Waals surface area (Å²) in [6.07, 6.45) is -0.296. The van der Waals surface area contributed by atoms with Gasteiger partial charge in [0.2, 0.25) is 0 Å². The molecule has 1 aliphatic carbocycles. The van der Waals surface area contributed by atoms with Gasteiger partial charge in [-0.1, -0.05) is 6.07 Å². The van der Waals surface area contributed by atoms with Gasteiger partial charge >= 0.3 is 0 Å². The fraction of sp³-hybridized carbons (Fsp3) is 0.333. The summed E-state index contributed by atoms with van der Waals surface area (Å²) in [5.41, 5.74) is 7.46. The van der Waals surface area contributed by atoms with Crippen LogP contribution in [0.25, 0.3) is 0 Å². The minimum Gasteiger partial charge on any atom is -0.399 e. The third kappa shape index (κ3) is 1.15. The van der Waals surface area contributed by atoms with E-state index >= 15 is 0 Å². The molecule has 0 spiro atoms. The van der Waals surface area contributed by atoms with E-state index in [0.717, 1.165) is 5.56 Å². The van der Waals surface area contributed by atoms with Gasteiger partial charge in [-0.2, -0.15) is 0 Å². The number of hydrogen-bond acceptors (Lipinski definition) is 1. The van der Waals surface area contributed by atoms with Crippen molar-refractivity contribution in [2.24, 2.45) is 0 Å². The van der Waals surface area contributed by atoms with Gasteiger partial charge in [-0.05, 0) is 23.3 Å². The maximum Gasteiger partial charge on any atom is 0.256 e. The lowest BCUT2D eigenvalue weighted by Gasteiger charge is -2.04. The molecular weight excluding hydrogens is 160 g/mol. The first-order valence-electron chi connectivity index (χ1n) is 3.82. The standard InChI is InChI=1S/C9H9F2N/c10-9(11)4-6-1-2-8(12)3-7(6)5-9/h1-3H,4-5,12H2. The van der Waals surface area contributed by atoms with Gasteiger partial charge in [0.15, 0.2) is 0 Å². The summed E-state index contributed by atoms with van der Waals surface area (Å²) in [5.74, 6) is -2.56. The molecule has 3 heteroatoms. The number of fused-ring (bicyclic) bond motifs is 1. The Labute approximate surface area is 69.2 Å². The van der Waals surface area contributed by atoms with Crippen molar-refractivity contribution in [2.45, 2.75) is 18.8 Å².